The zero-order valence-electron chi connectivity index (χ0n) is 26.7. The molecule has 0 bridgehead atoms. The zero-order valence-corrected chi connectivity index (χ0v) is 27.8. The maximum atomic E-state index is 5.08. The number of piperazine rings is 1. The molecule has 0 unspecified atom stereocenters. The quantitative estimate of drug-likeness (QED) is 0.114. The summed E-state index contributed by atoms with van der Waals surface area (Å²) in [5.74, 6) is 2.23. The number of nitrogens with zero attached hydrogens (tertiary/aromatic N) is 5. The predicted molar refractivity (Wildman–Crippen MR) is 188 cm³/mol. The fourth-order valence-corrected chi connectivity index (χ4v) is 6.18. The summed E-state index contributed by atoms with van der Waals surface area (Å²) in [6.45, 7) is 10.8. The predicted octanol–water partition coefficient (Wildman–Crippen LogP) is 6.50. The van der Waals surface area contributed by atoms with Crippen LogP contribution in [0.3, 0.4) is 0 Å². The molecule has 7 rings (SSSR count). The number of aryl methyl sites for hydroxylation is 1. The molecular formula is C39H44FeN6+2. The van der Waals surface area contributed by atoms with Gasteiger partial charge in [0.1, 0.15) is 0 Å². The molecule has 2 aliphatic carbocycles. The molecule has 7 heteroatoms. The van der Waals surface area contributed by atoms with Crippen LogP contribution >= 0.6 is 0 Å². The van der Waals surface area contributed by atoms with Crippen LogP contribution in [0.1, 0.15) is 29.5 Å². The summed E-state index contributed by atoms with van der Waals surface area (Å²) >= 11 is 0. The van der Waals surface area contributed by atoms with Crippen LogP contribution < -0.4 is 5.32 Å². The first-order valence-corrected chi connectivity index (χ1v) is 16.3. The SMILES string of the molecule is Cc1cn2c(c(NCCCN3CCN(CCCN=Cc4ccccc4)CC3)nc3ccccc32)c1[C]1[CH][CH][CH][CH]1.[CH]1[CH][CH][CH][CH]1.[Fe+2]. The monoisotopic (exact) mass is 652 g/mol. The standard InChI is InChI=1S/C34H39N6.C5H5.Fe/c1-27-26-40-31-16-8-7-15-30(31)37-34(33(40)32(27)29-13-5-6-14-29)36-18-10-20-39-23-21-38(22-24-39)19-9-17-35-25-28-11-3-2-4-12-28;1-2-4-5-3-1;/h2-8,11-16,25-26H,9-10,17-24H2,1H3,(H,36,37);1-5H;/q;;+2. The van der Waals surface area contributed by atoms with Crippen molar-refractivity contribution in [1.29, 1.82) is 0 Å². The number of aromatic nitrogens is 2. The average molecular weight is 653 g/mol. The van der Waals surface area contributed by atoms with Gasteiger partial charge in [0.2, 0.25) is 0 Å². The first kappa shape index (κ1) is 34.6. The van der Waals surface area contributed by atoms with Gasteiger partial charge in [-0.3, -0.25) is 4.99 Å². The normalized spacial score (nSPS) is 17.8. The smallest absolute Gasteiger partial charge is 0.368 e. The van der Waals surface area contributed by atoms with Crippen LogP contribution in [0.2, 0.25) is 0 Å². The van der Waals surface area contributed by atoms with Crippen LogP contribution in [0, 0.1) is 70.6 Å². The number of aliphatic imine (C=N–C) groups is 1. The number of rotatable bonds is 11. The number of hydrogen-bond acceptors (Lipinski definition) is 5. The Hall–Kier alpha value is -2.70. The van der Waals surface area contributed by atoms with Crippen molar-refractivity contribution < 1.29 is 17.1 Å². The Labute approximate surface area is 287 Å². The zero-order chi connectivity index (χ0) is 30.7. The van der Waals surface area contributed by atoms with Gasteiger partial charge in [-0.05, 0) is 119 Å². The third-order valence-corrected chi connectivity index (χ3v) is 8.51. The van der Waals surface area contributed by atoms with Crippen molar-refractivity contribution in [2.45, 2.75) is 19.8 Å². The van der Waals surface area contributed by atoms with E-state index >= 15 is 0 Å². The second-order valence-electron chi connectivity index (χ2n) is 11.8. The molecule has 3 heterocycles. The molecule has 6 nitrogen and oxygen atoms in total. The molecule has 3 aliphatic rings. The summed E-state index contributed by atoms with van der Waals surface area (Å²) in [6, 6.07) is 18.8. The molecule has 0 amide bonds. The average Bonchev–Trinajstić information content (AvgIpc) is 3.88. The van der Waals surface area contributed by atoms with Crippen molar-refractivity contribution in [1.82, 2.24) is 19.2 Å². The number of fused-ring (bicyclic) bond motifs is 3. The molecular weight excluding hydrogens is 608 g/mol. The van der Waals surface area contributed by atoms with Gasteiger partial charge in [0.05, 0.1) is 16.6 Å². The van der Waals surface area contributed by atoms with Gasteiger partial charge in [-0.25, -0.2) is 4.98 Å². The van der Waals surface area contributed by atoms with E-state index < -0.39 is 0 Å². The summed E-state index contributed by atoms with van der Waals surface area (Å²) < 4.78 is 2.31. The summed E-state index contributed by atoms with van der Waals surface area (Å²) in [7, 11) is 0. The summed E-state index contributed by atoms with van der Waals surface area (Å²) in [5.41, 5.74) is 7.05. The van der Waals surface area contributed by atoms with Crippen LogP contribution in [0.15, 0.2) is 65.8 Å². The third-order valence-electron chi connectivity index (χ3n) is 8.51. The van der Waals surface area contributed by atoms with Crippen LogP contribution in [-0.2, 0) is 17.1 Å². The van der Waals surface area contributed by atoms with Gasteiger partial charge < -0.3 is 19.5 Å². The molecule has 2 aromatic heterocycles. The summed E-state index contributed by atoms with van der Waals surface area (Å²) in [6.07, 6.45) is 25.1. The van der Waals surface area contributed by atoms with Crippen molar-refractivity contribution >= 4 is 28.6 Å². The van der Waals surface area contributed by atoms with Gasteiger partial charge in [0, 0.05) is 57.6 Å². The second kappa shape index (κ2) is 18.0. The topological polar surface area (TPSA) is 48.2 Å². The maximum Gasteiger partial charge on any atom is 2.00 e. The van der Waals surface area contributed by atoms with E-state index in [0.717, 1.165) is 82.1 Å². The van der Waals surface area contributed by atoms with Gasteiger partial charge in [0.25, 0.3) is 0 Å². The van der Waals surface area contributed by atoms with E-state index in [2.05, 4.69) is 112 Å². The van der Waals surface area contributed by atoms with Crippen molar-refractivity contribution in [2.75, 3.05) is 57.7 Å². The minimum atomic E-state index is 0. The first-order valence-electron chi connectivity index (χ1n) is 16.3. The van der Waals surface area contributed by atoms with Gasteiger partial charge in [-0.1, -0.05) is 42.5 Å². The Balaban J connectivity index is 0.000000635. The van der Waals surface area contributed by atoms with E-state index in [4.69, 9.17) is 4.98 Å². The molecule has 236 valence electrons. The Bertz CT molecular complexity index is 1490. The largest absolute Gasteiger partial charge is 2.00 e. The van der Waals surface area contributed by atoms with Crippen molar-refractivity contribution in [3.63, 3.8) is 0 Å². The van der Waals surface area contributed by atoms with Crippen LogP contribution in [0.4, 0.5) is 5.82 Å². The number of nitrogens with one attached hydrogen (secondary N) is 1. The van der Waals surface area contributed by atoms with Gasteiger partial charge in [-0.2, -0.15) is 0 Å². The van der Waals surface area contributed by atoms with Crippen LogP contribution in [0.25, 0.3) is 16.6 Å². The van der Waals surface area contributed by atoms with E-state index in [1.54, 1.807) is 0 Å². The Morgan fingerprint density at radius 1 is 0.783 bits per heavy atom. The third kappa shape index (κ3) is 9.22. The number of para-hydroxylation sites is 2. The Kier molecular flexibility index (Phi) is 13.6. The number of benzene rings is 2. The minimum absolute atomic E-state index is 0. The first-order chi connectivity index (χ1) is 22.3. The second-order valence-corrected chi connectivity index (χ2v) is 11.8. The molecule has 0 spiro atoms. The number of anilines is 1. The van der Waals surface area contributed by atoms with Gasteiger partial charge >= 0.3 is 17.1 Å². The molecule has 2 saturated carbocycles. The Morgan fingerprint density at radius 2 is 1.41 bits per heavy atom. The van der Waals surface area contributed by atoms with E-state index in [1.807, 2.05) is 44.4 Å². The van der Waals surface area contributed by atoms with E-state index in [-0.39, 0.29) is 17.1 Å². The summed E-state index contributed by atoms with van der Waals surface area (Å²) in [4.78, 5) is 14.9. The molecule has 1 N–H and O–H groups in total. The maximum absolute atomic E-state index is 5.08. The van der Waals surface area contributed by atoms with Crippen molar-refractivity contribution in [3.05, 3.63) is 141 Å². The minimum Gasteiger partial charge on any atom is -0.368 e. The fourth-order valence-electron chi connectivity index (χ4n) is 6.18. The summed E-state index contributed by atoms with van der Waals surface area (Å²) in [5, 5.41) is 3.71. The molecule has 1 saturated heterocycles. The molecule has 0 atom stereocenters. The van der Waals surface area contributed by atoms with Crippen LogP contribution in [-0.4, -0.2) is 77.8 Å². The van der Waals surface area contributed by atoms with Gasteiger partial charge in [-0.15, -0.1) is 0 Å². The molecule has 4 aromatic rings. The van der Waals surface area contributed by atoms with Gasteiger partial charge in [0.15, 0.2) is 5.82 Å². The fraction of sp³-hybridized carbons (Fsp3) is 0.282. The molecule has 2 aromatic carbocycles. The number of hydrogen-bond donors (Lipinski definition) is 1. The Morgan fingerprint density at radius 3 is 2.11 bits per heavy atom. The van der Waals surface area contributed by atoms with E-state index in [0.29, 0.717) is 0 Å². The molecule has 1 aliphatic heterocycles. The van der Waals surface area contributed by atoms with E-state index in [1.165, 1.54) is 28.1 Å². The van der Waals surface area contributed by atoms with Crippen LogP contribution in [0.5, 0.6) is 0 Å². The molecule has 3 fully saturated rings. The van der Waals surface area contributed by atoms with Crippen molar-refractivity contribution in [3.8, 4) is 0 Å². The van der Waals surface area contributed by atoms with E-state index in [9.17, 15) is 0 Å². The van der Waals surface area contributed by atoms with Crippen molar-refractivity contribution in [2.24, 2.45) is 4.99 Å². The molecule has 10 radical (unpaired) electrons. The molecule has 46 heavy (non-hydrogen) atoms.